The molecule has 0 unspecified atom stereocenters. The van der Waals surface area contributed by atoms with E-state index in [0.717, 1.165) is 43.2 Å². The van der Waals surface area contributed by atoms with Crippen LogP contribution >= 0.6 is 0 Å². The molecular weight excluding hydrogens is 368 g/mol. The number of hydrogen-bond donors (Lipinski definition) is 1. The Morgan fingerprint density at radius 3 is 2.59 bits per heavy atom. The first-order valence-corrected chi connectivity index (χ1v) is 10.2. The van der Waals surface area contributed by atoms with Gasteiger partial charge in [0, 0.05) is 44.6 Å². The lowest BCUT2D eigenvalue weighted by molar-refractivity contribution is -0.133. The molecule has 29 heavy (non-hydrogen) atoms. The van der Waals surface area contributed by atoms with Crippen LogP contribution in [0.4, 0.5) is 0 Å². The highest BCUT2D eigenvalue weighted by molar-refractivity contribution is 5.84. The second-order valence-corrected chi connectivity index (χ2v) is 8.23. The molecule has 2 amide bonds. The van der Waals surface area contributed by atoms with Crippen molar-refractivity contribution in [3.8, 4) is 0 Å². The Morgan fingerprint density at radius 1 is 1.17 bits per heavy atom. The third kappa shape index (κ3) is 3.92. The summed E-state index contributed by atoms with van der Waals surface area (Å²) in [5.41, 5.74) is 3.28. The third-order valence-electron chi connectivity index (χ3n) is 6.25. The maximum Gasteiger partial charge on any atom is 0.242 e. The Morgan fingerprint density at radius 2 is 1.93 bits per heavy atom. The van der Waals surface area contributed by atoms with Gasteiger partial charge in [-0.25, -0.2) is 0 Å². The molecule has 2 saturated heterocycles. The second-order valence-electron chi connectivity index (χ2n) is 8.23. The summed E-state index contributed by atoms with van der Waals surface area (Å²) in [7, 11) is 0. The van der Waals surface area contributed by atoms with E-state index in [2.05, 4.69) is 27.5 Å². The molecule has 1 aromatic carbocycles. The number of hydrogen-bond acceptors (Lipinski definition) is 5. The van der Waals surface area contributed by atoms with E-state index in [1.807, 2.05) is 36.9 Å². The van der Waals surface area contributed by atoms with Crippen molar-refractivity contribution >= 4 is 11.8 Å². The van der Waals surface area contributed by atoms with E-state index in [1.54, 1.807) is 0 Å². The standard InChI is InChI=1S/C22H28N4O3/c1-14-19(15(2)29-24-14)12-25-10-18-11-26(21(28)9-23-16(3)27)22(20(18)13-25)17-7-5-4-6-8-17/h4-8,18,20,22H,9-13H2,1-3H3,(H,23,27)/t18-,20-,22+/m0/s1. The summed E-state index contributed by atoms with van der Waals surface area (Å²) < 4.78 is 5.32. The zero-order valence-electron chi connectivity index (χ0n) is 17.2. The summed E-state index contributed by atoms with van der Waals surface area (Å²) in [6, 6.07) is 10.3. The minimum absolute atomic E-state index is 0.0132. The van der Waals surface area contributed by atoms with Gasteiger partial charge in [0.2, 0.25) is 11.8 Å². The van der Waals surface area contributed by atoms with E-state index in [0.29, 0.717) is 11.8 Å². The van der Waals surface area contributed by atoms with Crippen LogP contribution in [0, 0.1) is 25.7 Å². The molecule has 3 atom stereocenters. The van der Waals surface area contributed by atoms with Gasteiger partial charge in [0.15, 0.2) is 0 Å². The molecular formula is C22H28N4O3. The number of carbonyl (C=O) groups excluding carboxylic acids is 2. The first-order chi connectivity index (χ1) is 13.9. The predicted octanol–water partition coefficient (Wildman–Crippen LogP) is 2.06. The van der Waals surface area contributed by atoms with Gasteiger partial charge in [0.25, 0.3) is 0 Å². The predicted molar refractivity (Wildman–Crippen MR) is 108 cm³/mol. The van der Waals surface area contributed by atoms with Gasteiger partial charge in [-0.15, -0.1) is 0 Å². The number of nitrogens with one attached hydrogen (secondary N) is 1. The quantitative estimate of drug-likeness (QED) is 0.837. The monoisotopic (exact) mass is 396 g/mol. The van der Waals surface area contributed by atoms with Gasteiger partial charge in [-0.05, 0) is 25.3 Å². The van der Waals surface area contributed by atoms with Crippen molar-refractivity contribution < 1.29 is 14.1 Å². The molecule has 3 heterocycles. The average Bonchev–Trinajstić information content (AvgIpc) is 3.35. The molecule has 4 rings (SSSR count). The summed E-state index contributed by atoms with van der Waals surface area (Å²) in [5.74, 6) is 1.48. The van der Waals surface area contributed by atoms with Crippen LogP contribution in [0.5, 0.6) is 0 Å². The lowest BCUT2D eigenvalue weighted by Crippen LogP contribution is -2.41. The van der Waals surface area contributed by atoms with E-state index in [4.69, 9.17) is 4.52 Å². The minimum Gasteiger partial charge on any atom is -0.361 e. The summed E-state index contributed by atoms with van der Waals surface area (Å²) in [6.07, 6.45) is 0. The molecule has 7 nitrogen and oxygen atoms in total. The maximum atomic E-state index is 12.9. The van der Waals surface area contributed by atoms with E-state index < -0.39 is 0 Å². The van der Waals surface area contributed by atoms with Gasteiger partial charge in [-0.2, -0.15) is 0 Å². The highest BCUT2D eigenvalue weighted by Gasteiger charge is 2.48. The summed E-state index contributed by atoms with van der Waals surface area (Å²) in [5, 5.41) is 6.73. The molecule has 7 heteroatoms. The Balaban J connectivity index is 1.53. The zero-order chi connectivity index (χ0) is 20.5. The molecule has 1 aromatic heterocycles. The molecule has 0 saturated carbocycles. The summed E-state index contributed by atoms with van der Waals surface area (Å²) in [6.45, 7) is 8.87. The lowest BCUT2D eigenvalue weighted by Gasteiger charge is -2.30. The third-order valence-corrected chi connectivity index (χ3v) is 6.25. The van der Waals surface area contributed by atoms with Gasteiger partial charge >= 0.3 is 0 Å². The number of amides is 2. The van der Waals surface area contributed by atoms with Crippen molar-refractivity contribution in [2.75, 3.05) is 26.2 Å². The van der Waals surface area contributed by atoms with E-state index in [9.17, 15) is 9.59 Å². The minimum atomic E-state index is -0.181. The molecule has 0 spiro atoms. The molecule has 2 aliphatic heterocycles. The van der Waals surface area contributed by atoms with Crippen LogP contribution in [0.15, 0.2) is 34.9 Å². The number of rotatable bonds is 5. The molecule has 1 N–H and O–H groups in total. The molecule has 0 aliphatic carbocycles. The van der Waals surface area contributed by atoms with Crippen molar-refractivity contribution in [2.45, 2.75) is 33.4 Å². The van der Waals surface area contributed by atoms with Crippen LogP contribution in [0.3, 0.4) is 0 Å². The van der Waals surface area contributed by atoms with Crippen molar-refractivity contribution in [3.05, 3.63) is 52.9 Å². The van der Waals surface area contributed by atoms with Gasteiger partial charge in [0.05, 0.1) is 18.3 Å². The van der Waals surface area contributed by atoms with Crippen LogP contribution in [-0.2, 0) is 16.1 Å². The lowest BCUT2D eigenvalue weighted by atomic mass is 9.89. The topological polar surface area (TPSA) is 78.7 Å². The maximum absolute atomic E-state index is 12.9. The van der Waals surface area contributed by atoms with Gasteiger partial charge in [-0.1, -0.05) is 35.5 Å². The molecule has 2 fully saturated rings. The van der Waals surface area contributed by atoms with Crippen LogP contribution in [0.2, 0.25) is 0 Å². The fourth-order valence-corrected chi connectivity index (χ4v) is 4.85. The van der Waals surface area contributed by atoms with E-state index in [1.165, 1.54) is 12.5 Å². The molecule has 2 aliphatic rings. The highest BCUT2D eigenvalue weighted by Crippen LogP contribution is 2.45. The van der Waals surface area contributed by atoms with Crippen molar-refractivity contribution in [1.29, 1.82) is 0 Å². The van der Waals surface area contributed by atoms with E-state index >= 15 is 0 Å². The number of nitrogens with zero attached hydrogens (tertiary/aromatic N) is 3. The Labute approximate surface area is 171 Å². The summed E-state index contributed by atoms with van der Waals surface area (Å²) >= 11 is 0. The van der Waals surface area contributed by atoms with Crippen LogP contribution < -0.4 is 5.32 Å². The van der Waals surface area contributed by atoms with Gasteiger partial charge < -0.3 is 14.7 Å². The summed E-state index contributed by atoms with van der Waals surface area (Å²) in [4.78, 5) is 28.5. The number of aryl methyl sites for hydroxylation is 2. The van der Waals surface area contributed by atoms with Crippen LogP contribution in [0.1, 0.15) is 35.5 Å². The fraction of sp³-hybridized carbons (Fsp3) is 0.500. The number of carbonyl (C=O) groups is 2. The molecule has 0 radical (unpaired) electrons. The van der Waals surface area contributed by atoms with Crippen molar-refractivity contribution in [3.63, 3.8) is 0 Å². The second kappa shape index (κ2) is 7.99. The van der Waals surface area contributed by atoms with Gasteiger partial charge in [-0.3, -0.25) is 14.5 Å². The van der Waals surface area contributed by atoms with Gasteiger partial charge in [0.1, 0.15) is 5.76 Å². The Hall–Kier alpha value is -2.67. The Bertz CT molecular complexity index is 875. The normalized spacial score (nSPS) is 24.0. The van der Waals surface area contributed by atoms with E-state index in [-0.39, 0.29) is 24.4 Å². The van der Waals surface area contributed by atoms with Crippen LogP contribution in [-0.4, -0.2) is 52.9 Å². The number of benzene rings is 1. The molecule has 2 aromatic rings. The Kier molecular flexibility index (Phi) is 5.41. The first kappa shape index (κ1) is 19.6. The van der Waals surface area contributed by atoms with Crippen LogP contribution in [0.25, 0.3) is 0 Å². The number of fused-ring (bicyclic) bond motifs is 1. The van der Waals surface area contributed by atoms with Crippen molar-refractivity contribution in [1.82, 2.24) is 20.3 Å². The zero-order valence-corrected chi connectivity index (χ0v) is 17.2. The fourth-order valence-electron chi connectivity index (χ4n) is 4.85. The SMILES string of the molecule is CC(=O)NCC(=O)N1C[C@@H]2CN(Cc3c(C)noc3C)C[C@@H]2[C@H]1c1ccccc1. The number of likely N-dealkylation sites (tertiary alicyclic amines) is 2. The highest BCUT2D eigenvalue weighted by atomic mass is 16.5. The van der Waals surface area contributed by atoms with Crippen molar-refractivity contribution in [2.24, 2.45) is 11.8 Å². The first-order valence-electron chi connectivity index (χ1n) is 10.2. The average molecular weight is 396 g/mol. The smallest absolute Gasteiger partial charge is 0.242 e. The number of aromatic nitrogens is 1. The molecule has 0 bridgehead atoms. The largest absolute Gasteiger partial charge is 0.361 e. The molecule has 154 valence electrons.